The first-order valence-corrected chi connectivity index (χ1v) is 16.5. The molecule has 41 heavy (non-hydrogen) atoms. The molecule has 0 spiro atoms. The summed E-state index contributed by atoms with van der Waals surface area (Å²) in [6, 6.07) is 0. The molecule has 236 valence electrons. The largest absolute Gasteiger partial charge is 0.481 e. The molecule has 3 N–H and O–H groups in total. The van der Waals surface area contributed by atoms with Crippen LogP contribution in [0.1, 0.15) is 144 Å². The van der Waals surface area contributed by atoms with Gasteiger partial charge in [-0.25, -0.2) is 0 Å². The number of carboxylic acids is 1. The molecule has 3 aliphatic rings. The van der Waals surface area contributed by atoms with Crippen LogP contribution >= 0.6 is 0 Å². The van der Waals surface area contributed by atoms with E-state index in [1.165, 1.54) is 32.1 Å². The van der Waals surface area contributed by atoms with Crippen molar-refractivity contribution in [2.45, 2.75) is 161 Å². The fourth-order valence-electron chi connectivity index (χ4n) is 7.30. The number of hydrogen-bond donors (Lipinski definition) is 3. The quantitative estimate of drug-likeness (QED) is 0.191. The number of unbranched alkanes of at least 4 members (excludes halogenated alkanes) is 6. The number of aliphatic carboxylic acids is 1. The maximum absolute atomic E-state index is 14.1. The molecule has 2 atom stereocenters. The average Bonchev–Trinajstić information content (AvgIpc) is 3.39. The van der Waals surface area contributed by atoms with Gasteiger partial charge in [-0.05, 0) is 46.0 Å². The molecule has 2 saturated carbocycles. The second kappa shape index (κ2) is 14.7. The Bertz CT molecular complexity index is 873. The predicted molar refractivity (Wildman–Crippen MR) is 160 cm³/mol. The minimum Gasteiger partial charge on any atom is -0.481 e. The lowest BCUT2D eigenvalue weighted by Gasteiger charge is -2.45. The van der Waals surface area contributed by atoms with Crippen LogP contribution in [0.3, 0.4) is 0 Å². The molecule has 2 aliphatic carbocycles. The number of carbonyl (C=O) groups excluding carboxylic acids is 2. The van der Waals surface area contributed by atoms with Gasteiger partial charge >= 0.3 is 5.97 Å². The fraction of sp³-hybridized carbons (Fsp3) is 0.909. The Morgan fingerprint density at radius 2 is 1.44 bits per heavy atom. The van der Waals surface area contributed by atoms with E-state index < -0.39 is 40.1 Å². The minimum atomic E-state index is -0.982. The highest BCUT2D eigenvalue weighted by molar-refractivity contribution is 5.85. The lowest BCUT2D eigenvalue weighted by atomic mass is 9.69. The maximum Gasteiger partial charge on any atom is 0.310 e. The monoisotopic (exact) mass is 578 g/mol. The highest BCUT2D eigenvalue weighted by Gasteiger charge is 2.51. The Morgan fingerprint density at radius 1 is 0.854 bits per heavy atom. The van der Waals surface area contributed by atoms with E-state index in [1.807, 2.05) is 13.8 Å². The van der Waals surface area contributed by atoms with Crippen LogP contribution in [0.15, 0.2) is 0 Å². The molecule has 1 aliphatic heterocycles. The van der Waals surface area contributed by atoms with Gasteiger partial charge in [-0.3, -0.25) is 14.4 Å². The zero-order valence-corrected chi connectivity index (χ0v) is 26.6. The maximum atomic E-state index is 14.1. The van der Waals surface area contributed by atoms with Gasteiger partial charge in [0.05, 0.1) is 18.1 Å². The van der Waals surface area contributed by atoms with E-state index in [0.717, 1.165) is 64.2 Å². The van der Waals surface area contributed by atoms with Crippen molar-refractivity contribution in [1.82, 2.24) is 10.6 Å². The summed E-state index contributed by atoms with van der Waals surface area (Å²) in [6.45, 7) is 9.92. The Labute approximate surface area is 248 Å². The fourth-order valence-corrected chi connectivity index (χ4v) is 7.30. The second-order valence-corrected chi connectivity index (χ2v) is 14.3. The molecule has 0 aromatic heterocycles. The number of amides is 2. The van der Waals surface area contributed by atoms with E-state index in [4.69, 9.17) is 9.47 Å². The van der Waals surface area contributed by atoms with Gasteiger partial charge < -0.3 is 25.2 Å². The van der Waals surface area contributed by atoms with Crippen molar-refractivity contribution in [3.8, 4) is 0 Å². The second-order valence-electron chi connectivity index (χ2n) is 14.3. The van der Waals surface area contributed by atoms with E-state index in [0.29, 0.717) is 19.4 Å². The highest BCUT2D eigenvalue weighted by atomic mass is 16.7. The van der Waals surface area contributed by atoms with Crippen molar-refractivity contribution in [3.63, 3.8) is 0 Å². The highest BCUT2D eigenvalue weighted by Crippen LogP contribution is 2.44. The van der Waals surface area contributed by atoms with Crippen molar-refractivity contribution >= 4 is 17.8 Å². The van der Waals surface area contributed by atoms with E-state index in [1.54, 1.807) is 13.8 Å². The molecule has 1 heterocycles. The Morgan fingerprint density at radius 3 is 2.05 bits per heavy atom. The molecule has 8 heteroatoms. The summed E-state index contributed by atoms with van der Waals surface area (Å²) < 4.78 is 11.7. The molecular formula is C33H58N2O6. The van der Waals surface area contributed by atoms with Gasteiger partial charge in [0.2, 0.25) is 11.8 Å². The zero-order chi connectivity index (χ0) is 30.2. The SMILES string of the molecule is CCCCCCCCCC1(C(=O)NC2(C(CNC(=O)C3OC(C)(C)OCC3(C)C)C(=O)O)CCCC2)CCCCC1. The molecule has 3 fully saturated rings. The van der Waals surface area contributed by atoms with Crippen LogP contribution in [0.5, 0.6) is 0 Å². The van der Waals surface area contributed by atoms with Gasteiger partial charge in [0.1, 0.15) is 6.10 Å². The topological polar surface area (TPSA) is 114 Å². The molecule has 2 unspecified atom stereocenters. The first kappa shape index (κ1) is 33.8. The number of carboxylic acid groups (broad SMARTS) is 1. The first-order chi connectivity index (χ1) is 19.4. The van der Waals surface area contributed by atoms with Crippen LogP contribution in [-0.4, -0.2) is 53.5 Å². The van der Waals surface area contributed by atoms with Gasteiger partial charge in [0.15, 0.2) is 5.79 Å². The Balaban J connectivity index is 1.69. The molecule has 0 aromatic carbocycles. The number of carbonyl (C=O) groups is 3. The van der Waals surface area contributed by atoms with Crippen LogP contribution in [0.25, 0.3) is 0 Å². The summed E-state index contributed by atoms with van der Waals surface area (Å²) in [5.74, 6) is -3.08. The van der Waals surface area contributed by atoms with Crippen LogP contribution in [0.4, 0.5) is 0 Å². The van der Waals surface area contributed by atoms with Crippen molar-refractivity contribution in [2.75, 3.05) is 13.2 Å². The summed E-state index contributed by atoms with van der Waals surface area (Å²) in [6.07, 6.45) is 16.6. The van der Waals surface area contributed by atoms with Gasteiger partial charge in [-0.2, -0.15) is 0 Å². The summed E-state index contributed by atoms with van der Waals surface area (Å²) in [7, 11) is 0. The molecule has 1 saturated heterocycles. The van der Waals surface area contributed by atoms with Crippen molar-refractivity contribution in [2.24, 2.45) is 16.7 Å². The molecule has 0 radical (unpaired) electrons. The molecular weight excluding hydrogens is 520 g/mol. The molecule has 0 bridgehead atoms. The summed E-state index contributed by atoms with van der Waals surface area (Å²) in [4.78, 5) is 40.2. The Kier molecular flexibility index (Phi) is 12.1. The molecule has 2 amide bonds. The lowest BCUT2D eigenvalue weighted by Crippen LogP contribution is -2.62. The minimum absolute atomic E-state index is 0.0401. The van der Waals surface area contributed by atoms with Crippen LogP contribution in [0.2, 0.25) is 0 Å². The Hall–Kier alpha value is -1.67. The average molecular weight is 579 g/mol. The third-order valence-electron chi connectivity index (χ3n) is 10.00. The number of rotatable bonds is 15. The lowest BCUT2D eigenvalue weighted by molar-refractivity contribution is -0.304. The van der Waals surface area contributed by atoms with Gasteiger partial charge in [-0.15, -0.1) is 0 Å². The number of ether oxygens (including phenoxy) is 2. The molecule has 8 nitrogen and oxygen atoms in total. The van der Waals surface area contributed by atoms with E-state index in [-0.39, 0.29) is 18.4 Å². The van der Waals surface area contributed by atoms with Crippen LogP contribution in [0, 0.1) is 16.7 Å². The van der Waals surface area contributed by atoms with Crippen molar-refractivity contribution < 1.29 is 29.0 Å². The van der Waals surface area contributed by atoms with Crippen molar-refractivity contribution in [1.29, 1.82) is 0 Å². The first-order valence-electron chi connectivity index (χ1n) is 16.5. The third kappa shape index (κ3) is 8.92. The summed E-state index contributed by atoms with van der Waals surface area (Å²) in [5.41, 5.74) is -1.82. The normalized spacial score (nSPS) is 25.2. The smallest absolute Gasteiger partial charge is 0.310 e. The summed E-state index contributed by atoms with van der Waals surface area (Å²) >= 11 is 0. The van der Waals surface area contributed by atoms with Gasteiger partial charge in [0, 0.05) is 17.4 Å². The zero-order valence-electron chi connectivity index (χ0n) is 26.6. The number of nitrogens with one attached hydrogen (secondary N) is 2. The van der Waals surface area contributed by atoms with E-state index in [9.17, 15) is 19.5 Å². The summed E-state index contributed by atoms with van der Waals surface area (Å²) in [5, 5.41) is 16.7. The van der Waals surface area contributed by atoms with Crippen LogP contribution in [-0.2, 0) is 23.9 Å². The predicted octanol–water partition coefficient (Wildman–Crippen LogP) is 6.50. The van der Waals surface area contributed by atoms with E-state index in [2.05, 4.69) is 17.6 Å². The van der Waals surface area contributed by atoms with Crippen molar-refractivity contribution in [3.05, 3.63) is 0 Å². The third-order valence-corrected chi connectivity index (χ3v) is 10.00. The molecule has 0 aromatic rings. The van der Waals surface area contributed by atoms with Gasteiger partial charge in [0.25, 0.3) is 0 Å². The van der Waals surface area contributed by atoms with Crippen LogP contribution < -0.4 is 10.6 Å². The van der Waals surface area contributed by atoms with E-state index >= 15 is 0 Å². The molecule has 3 rings (SSSR count). The van der Waals surface area contributed by atoms with Gasteiger partial charge in [-0.1, -0.05) is 97.8 Å². The number of hydrogen-bond acceptors (Lipinski definition) is 5. The standard InChI is InChI=1S/C33H58N2O6/c1-6-7-8-9-10-11-13-18-32(19-14-12-15-20-32)29(39)35-33(21-16-17-22-33)25(28(37)38)23-34-27(36)26-30(2,3)24-40-31(4,5)41-26/h25-26H,6-24H2,1-5H3,(H,34,36)(H,35,39)(H,37,38).